The van der Waals surface area contributed by atoms with Crippen LogP contribution in [-0.4, -0.2) is 66.9 Å². The van der Waals surface area contributed by atoms with Crippen LogP contribution in [0.4, 0.5) is 0 Å². The molecular weight excluding hydrogens is 374 g/mol. The quantitative estimate of drug-likeness (QED) is 0.321. The van der Waals surface area contributed by atoms with E-state index in [1.54, 1.807) is 21.3 Å². The molecular formula is C14H39N3O5Si3. The van der Waals surface area contributed by atoms with Crippen LogP contribution in [0, 0.1) is 0 Å². The van der Waals surface area contributed by atoms with E-state index in [0.29, 0.717) is 25.7 Å². The van der Waals surface area contributed by atoms with E-state index in [0.717, 1.165) is 31.4 Å². The van der Waals surface area contributed by atoms with Crippen molar-refractivity contribution in [1.29, 1.82) is 0 Å². The molecule has 152 valence electrons. The zero-order valence-corrected chi connectivity index (χ0v) is 19.6. The molecule has 0 saturated carbocycles. The molecule has 0 spiro atoms. The smallest absolute Gasteiger partial charge is 0.398 e. The van der Waals surface area contributed by atoms with Crippen LogP contribution in [0.3, 0.4) is 0 Å². The maximum Gasteiger partial charge on any atom is 0.482 e. The molecule has 0 saturated heterocycles. The first-order valence-electron chi connectivity index (χ1n) is 8.94. The van der Waals surface area contributed by atoms with E-state index in [1.807, 2.05) is 13.1 Å². The Morgan fingerprint density at radius 3 is 1.24 bits per heavy atom. The van der Waals surface area contributed by atoms with Crippen LogP contribution in [0.1, 0.15) is 19.3 Å². The molecule has 0 aromatic rings. The number of hydrogen-bond acceptors (Lipinski definition) is 8. The van der Waals surface area contributed by atoms with Crippen LogP contribution < -0.4 is 17.2 Å². The van der Waals surface area contributed by atoms with Gasteiger partial charge in [0.2, 0.25) is 0 Å². The van der Waals surface area contributed by atoms with Crippen molar-refractivity contribution in [1.82, 2.24) is 0 Å². The molecule has 0 aliphatic rings. The van der Waals surface area contributed by atoms with Gasteiger partial charge in [0.25, 0.3) is 0 Å². The Bertz CT molecular complexity index is 336. The molecule has 0 aromatic heterocycles. The topological polar surface area (TPSA) is 124 Å². The summed E-state index contributed by atoms with van der Waals surface area (Å²) in [5.41, 5.74) is 17.1. The van der Waals surface area contributed by atoms with Crippen LogP contribution >= 0.6 is 0 Å². The SMILES string of the molecule is CO[Si](C)(CCCN)O[Si](CCCN)(OC)O[Si](C)(CCCN)OC. The number of hydrogen-bond donors (Lipinski definition) is 3. The summed E-state index contributed by atoms with van der Waals surface area (Å²) in [6.07, 6.45) is 2.44. The molecule has 0 radical (unpaired) electrons. The summed E-state index contributed by atoms with van der Waals surface area (Å²) >= 11 is 0. The van der Waals surface area contributed by atoms with E-state index in [4.69, 9.17) is 38.7 Å². The van der Waals surface area contributed by atoms with Crippen molar-refractivity contribution >= 4 is 25.9 Å². The van der Waals surface area contributed by atoms with Crippen molar-refractivity contribution in [3.05, 3.63) is 0 Å². The number of nitrogens with two attached hydrogens (primary N) is 3. The Balaban J connectivity index is 5.45. The van der Waals surface area contributed by atoms with E-state index >= 15 is 0 Å². The van der Waals surface area contributed by atoms with Gasteiger partial charge in [-0.15, -0.1) is 0 Å². The van der Waals surface area contributed by atoms with Gasteiger partial charge in [0.15, 0.2) is 0 Å². The van der Waals surface area contributed by atoms with Crippen LogP contribution in [0.25, 0.3) is 0 Å². The molecule has 8 nitrogen and oxygen atoms in total. The minimum absolute atomic E-state index is 0.549. The molecule has 25 heavy (non-hydrogen) atoms. The highest BCUT2D eigenvalue weighted by Crippen LogP contribution is 2.30. The van der Waals surface area contributed by atoms with Gasteiger partial charge in [0.1, 0.15) is 0 Å². The van der Waals surface area contributed by atoms with Crippen molar-refractivity contribution < 1.29 is 21.5 Å². The largest absolute Gasteiger partial charge is 0.482 e. The third-order valence-corrected chi connectivity index (χ3v) is 16.1. The second kappa shape index (κ2) is 12.7. The number of rotatable bonds is 16. The Kier molecular flexibility index (Phi) is 12.8. The van der Waals surface area contributed by atoms with Gasteiger partial charge in [-0.05, 0) is 64.1 Å². The van der Waals surface area contributed by atoms with E-state index in [1.165, 1.54) is 0 Å². The molecule has 0 heterocycles. The molecule has 11 heteroatoms. The van der Waals surface area contributed by atoms with Crippen LogP contribution in [-0.2, 0) is 21.5 Å². The fraction of sp³-hybridized carbons (Fsp3) is 1.00. The molecule has 0 aromatic carbocycles. The zero-order valence-electron chi connectivity index (χ0n) is 16.6. The molecule has 2 unspecified atom stereocenters. The van der Waals surface area contributed by atoms with Crippen molar-refractivity contribution in [2.24, 2.45) is 17.2 Å². The fourth-order valence-electron chi connectivity index (χ4n) is 2.52. The molecule has 0 aliphatic heterocycles. The standard InChI is InChI=1S/C14H39N3O5Si3/c1-18-23(4,12-6-9-15)21-25(20-3,14-8-11-17)22-24(5,19-2)13-7-10-16/h6-17H2,1-5H3. The monoisotopic (exact) mass is 413 g/mol. The van der Waals surface area contributed by atoms with Crippen LogP contribution in [0.15, 0.2) is 0 Å². The summed E-state index contributed by atoms with van der Waals surface area (Å²) in [7, 11) is -2.91. The summed E-state index contributed by atoms with van der Waals surface area (Å²) in [5, 5.41) is 0. The van der Waals surface area contributed by atoms with E-state index in [2.05, 4.69) is 0 Å². The third kappa shape index (κ3) is 9.19. The van der Waals surface area contributed by atoms with Gasteiger partial charge in [-0.1, -0.05) is 0 Å². The summed E-state index contributed by atoms with van der Waals surface area (Å²) in [6.45, 7) is 5.80. The minimum Gasteiger partial charge on any atom is -0.398 e. The summed E-state index contributed by atoms with van der Waals surface area (Å²) in [5.74, 6) is 0. The highest BCUT2D eigenvalue weighted by molar-refractivity contribution is 6.83. The van der Waals surface area contributed by atoms with Crippen molar-refractivity contribution in [2.45, 2.75) is 50.5 Å². The second-order valence-corrected chi connectivity index (χ2v) is 16.7. The predicted molar refractivity (Wildman–Crippen MR) is 108 cm³/mol. The minimum atomic E-state index is -2.99. The van der Waals surface area contributed by atoms with Gasteiger partial charge in [-0.25, -0.2) is 0 Å². The molecule has 0 amide bonds. The normalized spacial score (nSPS) is 19.2. The first-order valence-corrected chi connectivity index (χ1v) is 15.9. The van der Waals surface area contributed by atoms with Gasteiger partial charge in [-0.3, -0.25) is 0 Å². The first kappa shape index (κ1) is 25.3. The van der Waals surface area contributed by atoms with E-state index in [-0.39, 0.29) is 0 Å². The fourth-order valence-corrected chi connectivity index (χ4v) is 14.2. The Morgan fingerprint density at radius 2 is 0.960 bits per heavy atom. The summed E-state index contributed by atoms with van der Waals surface area (Å²) in [6, 6.07) is 2.22. The average molecular weight is 414 g/mol. The molecule has 2 atom stereocenters. The molecule has 0 rings (SSSR count). The summed E-state index contributed by atoms with van der Waals surface area (Å²) < 4.78 is 30.5. The highest BCUT2D eigenvalue weighted by Gasteiger charge is 2.52. The average Bonchev–Trinajstić information content (AvgIpc) is 2.63. The Labute approximate surface area is 156 Å². The first-order chi connectivity index (χ1) is 11.8. The van der Waals surface area contributed by atoms with Crippen molar-refractivity contribution in [2.75, 3.05) is 41.0 Å². The van der Waals surface area contributed by atoms with Gasteiger partial charge in [-0.2, -0.15) is 0 Å². The zero-order chi connectivity index (χ0) is 19.4. The Hall–Kier alpha value is 0.331. The van der Waals surface area contributed by atoms with E-state index in [9.17, 15) is 0 Å². The predicted octanol–water partition coefficient (Wildman–Crippen LogP) is 1.09. The second-order valence-electron chi connectivity index (χ2n) is 6.44. The lowest BCUT2D eigenvalue weighted by Gasteiger charge is -2.41. The lowest BCUT2D eigenvalue weighted by molar-refractivity contribution is 0.145. The maximum absolute atomic E-state index is 6.53. The van der Waals surface area contributed by atoms with Gasteiger partial charge < -0.3 is 38.7 Å². The van der Waals surface area contributed by atoms with Crippen LogP contribution in [0.5, 0.6) is 0 Å². The van der Waals surface area contributed by atoms with Gasteiger partial charge in [0.05, 0.1) is 0 Å². The highest BCUT2D eigenvalue weighted by atomic mass is 28.5. The maximum atomic E-state index is 6.53. The van der Waals surface area contributed by atoms with Gasteiger partial charge in [0, 0.05) is 27.4 Å². The van der Waals surface area contributed by atoms with Crippen LogP contribution in [0.2, 0.25) is 31.2 Å². The van der Waals surface area contributed by atoms with Gasteiger partial charge >= 0.3 is 25.9 Å². The Morgan fingerprint density at radius 1 is 0.600 bits per heavy atom. The molecule has 0 fully saturated rings. The summed E-state index contributed by atoms with van der Waals surface area (Å²) in [4.78, 5) is 0. The molecule has 6 N–H and O–H groups in total. The van der Waals surface area contributed by atoms with Crippen molar-refractivity contribution in [3.8, 4) is 0 Å². The third-order valence-electron chi connectivity index (χ3n) is 4.27. The molecule has 0 bridgehead atoms. The lowest BCUT2D eigenvalue weighted by Crippen LogP contribution is -2.60. The van der Waals surface area contributed by atoms with Crippen molar-refractivity contribution in [3.63, 3.8) is 0 Å². The lowest BCUT2D eigenvalue weighted by atomic mass is 10.5. The molecule has 0 aliphatic carbocycles. The van der Waals surface area contributed by atoms with E-state index < -0.39 is 25.9 Å².